The van der Waals surface area contributed by atoms with Crippen molar-refractivity contribution >= 4 is 28.5 Å². The van der Waals surface area contributed by atoms with Crippen LogP contribution in [-0.2, 0) is 25.5 Å². The van der Waals surface area contributed by atoms with Gasteiger partial charge in [-0.1, -0.05) is 36.4 Å². The molecule has 246 valence electrons. The van der Waals surface area contributed by atoms with E-state index in [0.717, 1.165) is 5.56 Å². The first-order chi connectivity index (χ1) is 22.1. The van der Waals surface area contributed by atoms with E-state index < -0.39 is 67.1 Å². The Hall–Kier alpha value is -3.64. The largest absolute Gasteiger partial charge is 0.504 e. The predicted molar refractivity (Wildman–Crippen MR) is 162 cm³/mol. The molecule has 14 nitrogen and oxygen atoms in total. The second kappa shape index (κ2) is 13.6. The van der Waals surface area contributed by atoms with Crippen molar-refractivity contribution in [3.63, 3.8) is 0 Å². The third kappa shape index (κ3) is 6.60. The van der Waals surface area contributed by atoms with Crippen molar-refractivity contribution < 1.29 is 54.4 Å². The smallest absolute Gasteiger partial charge is 0.247 e. The highest BCUT2D eigenvalue weighted by Gasteiger charge is 2.53. The number of aromatic hydroxyl groups is 1. The maximum atomic E-state index is 12.9. The van der Waals surface area contributed by atoms with Crippen LogP contribution in [0.1, 0.15) is 29.8 Å². The van der Waals surface area contributed by atoms with Gasteiger partial charge in [0.1, 0.15) is 55.6 Å². The first kappa shape index (κ1) is 32.3. The van der Waals surface area contributed by atoms with Crippen LogP contribution in [0.5, 0.6) is 11.5 Å². The van der Waals surface area contributed by atoms with Crippen LogP contribution in [-0.4, -0.2) is 103 Å². The average molecular weight is 658 g/mol. The van der Waals surface area contributed by atoms with Gasteiger partial charge in [-0.15, -0.1) is 11.3 Å². The van der Waals surface area contributed by atoms with Gasteiger partial charge in [0.15, 0.2) is 16.6 Å². The lowest BCUT2D eigenvalue weighted by atomic mass is 9.83. The monoisotopic (exact) mass is 657 g/mol. The SMILES string of the molecule is C/C(=C\c1ccc(O[C@@H]2O[C@H](c3csc(NCc4ccccc4)n3)[C@@H](O)[C@@H]2O)c(O)c1)C(=O)NC1[C@@H](O)[C@@H]2OCO[C@@H]2[C@H](O)[C@H]1O. The standard InChI is InChI=1S/C31H35N3O11S/c1-14(29(41)34-20-21(36)23(38)28-27(22(20)37)42-13-43-28)9-16-7-8-19(18(35)10-16)44-30-25(40)24(39)26(45-30)17-12-46-31(33-17)32-11-15-5-3-2-4-6-15/h2-10,12,20-28,30,35-40H,11,13H2,1H3,(H,32,33)(H,34,41)/b14-9+/t20?,21-,22+,23+,24-,25-,26+,27-,28+,30+/m0/s1. The van der Waals surface area contributed by atoms with E-state index in [1.807, 2.05) is 30.3 Å². The molecule has 15 heteroatoms. The summed E-state index contributed by atoms with van der Waals surface area (Å²) in [4.78, 5) is 17.4. The third-order valence-corrected chi connectivity index (χ3v) is 9.01. The maximum Gasteiger partial charge on any atom is 0.247 e. The Balaban J connectivity index is 1.06. The number of amides is 1. The summed E-state index contributed by atoms with van der Waals surface area (Å²) < 4.78 is 22.0. The molecule has 3 aliphatic rings. The number of nitrogens with one attached hydrogen (secondary N) is 2. The van der Waals surface area contributed by atoms with Crippen molar-refractivity contribution in [1.29, 1.82) is 0 Å². The number of phenols is 1. The molecule has 2 aromatic carbocycles. The molecule has 2 aliphatic heterocycles. The van der Waals surface area contributed by atoms with Gasteiger partial charge in [0.05, 0.1) is 11.7 Å². The summed E-state index contributed by atoms with van der Waals surface area (Å²) in [6, 6.07) is 12.9. The lowest BCUT2D eigenvalue weighted by Gasteiger charge is -2.41. The fourth-order valence-electron chi connectivity index (χ4n) is 5.64. The van der Waals surface area contributed by atoms with Gasteiger partial charge >= 0.3 is 0 Å². The Morgan fingerprint density at radius 3 is 2.48 bits per heavy atom. The molecule has 1 saturated carbocycles. The van der Waals surface area contributed by atoms with Gasteiger partial charge in [-0.2, -0.15) is 0 Å². The van der Waals surface area contributed by atoms with Crippen molar-refractivity contribution in [2.75, 3.05) is 12.1 Å². The van der Waals surface area contributed by atoms with Gasteiger partial charge in [-0.05, 0) is 36.3 Å². The summed E-state index contributed by atoms with van der Waals surface area (Å²) in [7, 11) is 0. The molecule has 1 amide bonds. The molecule has 2 saturated heterocycles. The lowest BCUT2D eigenvalue weighted by Crippen LogP contribution is -2.67. The predicted octanol–water partition coefficient (Wildman–Crippen LogP) is 0.385. The van der Waals surface area contributed by atoms with E-state index in [4.69, 9.17) is 18.9 Å². The number of anilines is 1. The quantitative estimate of drug-likeness (QED) is 0.147. The number of carbonyl (C=O) groups is 1. The summed E-state index contributed by atoms with van der Waals surface area (Å²) in [5.41, 5.74) is 2.09. The zero-order chi connectivity index (χ0) is 32.5. The number of hydrogen-bond donors (Lipinski definition) is 8. The molecule has 10 atom stereocenters. The number of ether oxygens (including phenoxy) is 4. The third-order valence-electron chi connectivity index (χ3n) is 8.19. The maximum absolute atomic E-state index is 12.9. The number of aliphatic hydroxyl groups is 5. The minimum Gasteiger partial charge on any atom is -0.504 e. The van der Waals surface area contributed by atoms with E-state index in [1.54, 1.807) is 11.4 Å². The molecule has 1 aromatic heterocycles. The Morgan fingerprint density at radius 1 is 1.00 bits per heavy atom. The fraction of sp³-hybridized carbons (Fsp3) is 0.419. The first-order valence-electron chi connectivity index (χ1n) is 14.6. The normalized spacial score (nSPS) is 32.6. The van der Waals surface area contributed by atoms with E-state index in [-0.39, 0.29) is 23.9 Å². The van der Waals surface area contributed by atoms with Crippen molar-refractivity contribution in [3.8, 4) is 11.5 Å². The summed E-state index contributed by atoms with van der Waals surface area (Å²) in [5.74, 6) is -0.978. The van der Waals surface area contributed by atoms with E-state index in [1.165, 1.54) is 36.5 Å². The van der Waals surface area contributed by atoms with Gasteiger partial charge in [0, 0.05) is 17.5 Å². The highest BCUT2D eigenvalue weighted by atomic mass is 32.1. The van der Waals surface area contributed by atoms with Gasteiger partial charge in [0.25, 0.3) is 0 Å². The van der Waals surface area contributed by atoms with Crippen LogP contribution in [0.3, 0.4) is 0 Å². The van der Waals surface area contributed by atoms with Crippen LogP contribution in [0.15, 0.2) is 59.5 Å². The number of aromatic nitrogens is 1. The number of nitrogens with zero attached hydrogens (tertiary/aromatic N) is 1. The number of carbonyl (C=O) groups excluding carboxylic acids is 1. The molecule has 3 fully saturated rings. The van der Waals surface area contributed by atoms with E-state index in [2.05, 4.69) is 15.6 Å². The number of fused-ring (bicyclic) bond motifs is 1. The number of aliphatic hydroxyl groups excluding tert-OH is 5. The van der Waals surface area contributed by atoms with Crippen molar-refractivity contribution in [2.45, 2.75) is 74.6 Å². The molecular formula is C31H35N3O11S. The van der Waals surface area contributed by atoms with Crippen LogP contribution >= 0.6 is 11.3 Å². The van der Waals surface area contributed by atoms with Crippen LogP contribution < -0.4 is 15.4 Å². The summed E-state index contributed by atoms with van der Waals surface area (Å²) >= 11 is 1.33. The van der Waals surface area contributed by atoms with Crippen molar-refractivity contribution in [3.05, 3.63) is 76.3 Å². The van der Waals surface area contributed by atoms with Crippen LogP contribution in [0.25, 0.3) is 6.08 Å². The first-order valence-corrected chi connectivity index (χ1v) is 15.5. The van der Waals surface area contributed by atoms with Gasteiger partial charge in [0.2, 0.25) is 12.2 Å². The Kier molecular flexibility index (Phi) is 9.56. The molecule has 0 spiro atoms. The van der Waals surface area contributed by atoms with Gasteiger partial charge < -0.3 is 60.2 Å². The molecule has 1 unspecified atom stereocenters. The Bertz CT molecular complexity index is 1560. The molecule has 8 N–H and O–H groups in total. The fourth-order valence-corrected chi connectivity index (χ4v) is 6.38. The number of hydrogen-bond acceptors (Lipinski definition) is 14. The van der Waals surface area contributed by atoms with Crippen molar-refractivity contribution in [1.82, 2.24) is 10.3 Å². The molecule has 3 aromatic rings. The highest BCUT2D eigenvalue weighted by molar-refractivity contribution is 7.13. The molecule has 6 rings (SSSR count). The second-order valence-electron chi connectivity index (χ2n) is 11.3. The molecule has 1 aliphatic carbocycles. The Labute approximate surface area is 267 Å². The van der Waals surface area contributed by atoms with Crippen molar-refractivity contribution in [2.24, 2.45) is 0 Å². The molecule has 0 bridgehead atoms. The topological polar surface area (TPSA) is 212 Å². The Morgan fingerprint density at radius 2 is 1.74 bits per heavy atom. The number of rotatable bonds is 9. The van der Waals surface area contributed by atoms with E-state index >= 15 is 0 Å². The summed E-state index contributed by atoms with van der Waals surface area (Å²) in [6.07, 6.45) is -9.56. The molecular weight excluding hydrogens is 622 g/mol. The summed E-state index contributed by atoms with van der Waals surface area (Å²) in [5, 5.41) is 71.4. The molecule has 46 heavy (non-hydrogen) atoms. The number of benzene rings is 2. The average Bonchev–Trinajstić information content (AvgIpc) is 3.80. The van der Waals surface area contributed by atoms with Gasteiger partial charge in [-0.25, -0.2) is 4.98 Å². The van der Waals surface area contributed by atoms with Crippen LogP contribution in [0.4, 0.5) is 5.13 Å². The second-order valence-corrected chi connectivity index (χ2v) is 12.2. The minimum atomic E-state index is -1.49. The summed E-state index contributed by atoms with van der Waals surface area (Å²) in [6.45, 7) is 1.91. The molecule has 3 heterocycles. The highest BCUT2D eigenvalue weighted by Crippen LogP contribution is 2.38. The number of phenolic OH excluding ortho intramolecular Hbond substituents is 1. The van der Waals surface area contributed by atoms with Crippen LogP contribution in [0, 0.1) is 0 Å². The molecule has 0 radical (unpaired) electrons. The minimum absolute atomic E-state index is 0.0320. The van der Waals surface area contributed by atoms with Crippen LogP contribution in [0.2, 0.25) is 0 Å². The van der Waals surface area contributed by atoms with E-state index in [9.17, 15) is 35.4 Å². The zero-order valence-corrected chi connectivity index (χ0v) is 25.4. The number of thiazole rings is 1. The lowest BCUT2D eigenvalue weighted by molar-refractivity contribution is -0.155. The van der Waals surface area contributed by atoms with E-state index in [0.29, 0.717) is 22.9 Å². The zero-order valence-electron chi connectivity index (χ0n) is 24.5. The van der Waals surface area contributed by atoms with Gasteiger partial charge in [-0.3, -0.25) is 4.79 Å².